The number of aromatic nitrogens is 3. The molecule has 1 N–H and O–H groups in total. The second kappa shape index (κ2) is 8.38. The highest BCUT2D eigenvalue weighted by Gasteiger charge is 2.11. The molecule has 1 saturated heterocycles. The summed E-state index contributed by atoms with van der Waals surface area (Å²) in [5.41, 5.74) is 3.18. The summed E-state index contributed by atoms with van der Waals surface area (Å²) in [6, 6.07) is 10.2. The number of rotatable bonds is 6. The van der Waals surface area contributed by atoms with Crippen LogP contribution in [-0.2, 0) is 13.1 Å². The van der Waals surface area contributed by atoms with Crippen molar-refractivity contribution in [2.45, 2.75) is 32.4 Å². The van der Waals surface area contributed by atoms with Crippen molar-refractivity contribution in [3.8, 4) is 10.7 Å². The van der Waals surface area contributed by atoms with Gasteiger partial charge in [0.05, 0.1) is 11.4 Å². The molecule has 1 aliphatic heterocycles. The molecule has 6 heteroatoms. The highest BCUT2D eigenvalue weighted by Crippen LogP contribution is 2.21. The smallest absolute Gasteiger partial charge is 0.142 e. The molecular formula is C20H23N5S. The summed E-state index contributed by atoms with van der Waals surface area (Å²) < 4.78 is 0. The molecule has 0 radical (unpaired) electrons. The maximum Gasteiger partial charge on any atom is 0.142 e. The van der Waals surface area contributed by atoms with Crippen molar-refractivity contribution in [2.24, 2.45) is 0 Å². The summed E-state index contributed by atoms with van der Waals surface area (Å²) in [4.78, 5) is 16.0. The van der Waals surface area contributed by atoms with Crippen molar-refractivity contribution in [1.82, 2.24) is 20.3 Å². The van der Waals surface area contributed by atoms with E-state index in [4.69, 9.17) is 0 Å². The molecule has 0 amide bonds. The minimum Gasteiger partial charge on any atom is -0.357 e. The van der Waals surface area contributed by atoms with E-state index in [1.165, 1.54) is 24.8 Å². The standard InChI is InChI=1S/C20H23N5S/c1-4-10-25(11-5-1)19-8-7-16(13-23-19)12-21-14-17-15-26-20(24-17)18-6-2-3-9-22-18/h2-3,6-9,13,15,21H,1,4-5,10-12,14H2. The van der Waals surface area contributed by atoms with E-state index in [0.717, 1.165) is 48.4 Å². The van der Waals surface area contributed by atoms with Crippen LogP contribution in [0.1, 0.15) is 30.5 Å². The van der Waals surface area contributed by atoms with Crippen molar-refractivity contribution in [3.05, 3.63) is 59.4 Å². The molecule has 0 spiro atoms. The predicted octanol–water partition coefficient (Wildman–Crippen LogP) is 3.88. The van der Waals surface area contributed by atoms with Gasteiger partial charge in [-0.25, -0.2) is 9.97 Å². The number of hydrogen-bond acceptors (Lipinski definition) is 6. The quantitative estimate of drug-likeness (QED) is 0.718. The highest BCUT2D eigenvalue weighted by atomic mass is 32.1. The van der Waals surface area contributed by atoms with Gasteiger partial charge in [0.1, 0.15) is 10.8 Å². The fraction of sp³-hybridized carbons (Fsp3) is 0.350. The largest absolute Gasteiger partial charge is 0.357 e. The van der Waals surface area contributed by atoms with Crippen LogP contribution in [0.15, 0.2) is 48.1 Å². The van der Waals surface area contributed by atoms with Gasteiger partial charge >= 0.3 is 0 Å². The van der Waals surface area contributed by atoms with Crippen molar-refractivity contribution >= 4 is 17.2 Å². The first-order chi connectivity index (χ1) is 12.9. The number of pyridine rings is 2. The van der Waals surface area contributed by atoms with Crippen LogP contribution in [0.4, 0.5) is 5.82 Å². The second-order valence-corrected chi connectivity index (χ2v) is 7.39. The van der Waals surface area contributed by atoms with E-state index in [-0.39, 0.29) is 0 Å². The van der Waals surface area contributed by atoms with Crippen LogP contribution in [0.3, 0.4) is 0 Å². The summed E-state index contributed by atoms with van der Waals surface area (Å²) in [6.45, 7) is 3.81. The number of nitrogens with zero attached hydrogens (tertiary/aromatic N) is 4. The van der Waals surface area contributed by atoms with Crippen LogP contribution in [0.25, 0.3) is 10.7 Å². The summed E-state index contributed by atoms with van der Waals surface area (Å²) in [5, 5.41) is 6.51. The predicted molar refractivity (Wildman–Crippen MR) is 106 cm³/mol. The Morgan fingerprint density at radius 3 is 2.69 bits per heavy atom. The van der Waals surface area contributed by atoms with Gasteiger partial charge in [0.25, 0.3) is 0 Å². The van der Waals surface area contributed by atoms with E-state index in [9.17, 15) is 0 Å². The molecule has 1 fully saturated rings. The Kier molecular flexibility index (Phi) is 5.52. The van der Waals surface area contributed by atoms with Crippen molar-refractivity contribution in [2.75, 3.05) is 18.0 Å². The molecule has 134 valence electrons. The van der Waals surface area contributed by atoms with Crippen molar-refractivity contribution in [1.29, 1.82) is 0 Å². The van der Waals surface area contributed by atoms with Gasteiger partial charge in [0.2, 0.25) is 0 Å². The average molecular weight is 366 g/mol. The lowest BCUT2D eigenvalue weighted by Crippen LogP contribution is -2.30. The lowest BCUT2D eigenvalue weighted by Gasteiger charge is -2.27. The molecule has 4 heterocycles. The molecule has 0 bridgehead atoms. The van der Waals surface area contributed by atoms with Gasteiger partial charge in [-0.2, -0.15) is 0 Å². The van der Waals surface area contributed by atoms with E-state index < -0.39 is 0 Å². The zero-order chi connectivity index (χ0) is 17.6. The van der Waals surface area contributed by atoms with Gasteiger partial charge in [-0.1, -0.05) is 12.1 Å². The minimum absolute atomic E-state index is 0.747. The van der Waals surface area contributed by atoms with E-state index in [1.807, 2.05) is 24.4 Å². The van der Waals surface area contributed by atoms with Gasteiger partial charge in [0.15, 0.2) is 0 Å². The first-order valence-electron chi connectivity index (χ1n) is 9.15. The van der Waals surface area contributed by atoms with Crippen LogP contribution in [0.5, 0.6) is 0 Å². The molecule has 0 atom stereocenters. The number of nitrogens with one attached hydrogen (secondary N) is 1. The molecule has 4 rings (SSSR count). The molecule has 0 aromatic carbocycles. The first kappa shape index (κ1) is 17.1. The van der Waals surface area contributed by atoms with Crippen LogP contribution in [0, 0.1) is 0 Å². The Morgan fingerprint density at radius 2 is 1.92 bits per heavy atom. The normalized spacial score (nSPS) is 14.5. The van der Waals surface area contributed by atoms with Crippen LogP contribution < -0.4 is 10.2 Å². The first-order valence-corrected chi connectivity index (χ1v) is 10.0. The summed E-state index contributed by atoms with van der Waals surface area (Å²) in [6.07, 6.45) is 7.68. The van der Waals surface area contributed by atoms with E-state index >= 15 is 0 Å². The molecule has 3 aromatic rings. The molecule has 1 aliphatic rings. The Morgan fingerprint density at radius 1 is 1.00 bits per heavy atom. The Bertz CT molecular complexity index is 810. The van der Waals surface area contributed by atoms with Crippen LogP contribution in [-0.4, -0.2) is 28.0 Å². The number of thiazole rings is 1. The van der Waals surface area contributed by atoms with E-state index in [0.29, 0.717) is 0 Å². The molecule has 3 aromatic heterocycles. The third-order valence-electron chi connectivity index (χ3n) is 4.56. The van der Waals surface area contributed by atoms with E-state index in [2.05, 4.69) is 42.7 Å². The third-order valence-corrected chi connectivity index (χ3v) is 5.47. The lowest BCUT2D eigenvalue weighted by atomic mass is 10.1. The summed E-state index contributed by atoms with van der Waals surface area (Å²) >= 11 is 1.64. The van der Waals surface area contributed by atoms with Crippen LogP contribution >= 0.6 is 11.3 Å². The highest BCUT2D eigenvalue weighted by molar-refractivity contribution is 7.13. The Hall–Kier alpha value is -2.31. The summed E-state index contributed by atoms with van der Waals surface area (Å²) in [5.74, 6) is 1.10. The fourth-order valence-electron chi connectivity index (χ4n) is 3.16. The average Bonchev–Trinajstić information content (AvgIpc) is 3.19. The van der Waals surface area contributed by atoms with Gasteiger partial charge in [-0.15, -0.1) is 11.3 Å². The maximum atomic E-state index is 4.66. The lowest BCUT2D eigenvalue weighted by molar-refractivity contribution is 0.573. The number of piperidine rings is 1. The maximum absolute atomic E-state index is 4.66. The monoisotopic (exact) mass is 365 g/mol. The van der Waals surface area contributed by atoms with Gasteiger partial charge in [-0.3, -0.25) is 4.98 Å². The Labute approximate surface area is 158 Å². The molecule has 0 saturated carbocycles. The Balaban J connectivity index is 1.29. The zero-order valence-corrected chi connectivity index (χ0v) is 15.6. The van der Waals surface area contributed by atoms with E-state index in [1.54, 1.807) is 17.5 Å². The SMILES string of the molecule is c1ccc(-c2nc(CNCc3ccc(N4CCCCC4)nc3)cs2)nc1. The van der Waals surface area contributed by atoms with Crippen LogP contribution in [0.2, 0.25) is 0 Å². The van der Waals surface area contributed by atoms with Gasteiger partial charge in [-0.05, 0) is 43.0 Å². The number of hydrogen-bond donors (Lipinski definition) is 1. The fourth-order valence-corrected chi connectivity index (χ4v) is 3.96. The summed E-state index contributed by atoms with van der Waals surface area (Å²) in [7, 11) is 0. The molecule has 26 heavy (non-hydrogen) atoms. The van der Waals surface area contributed by atoms with Gasteiger partial charge < -0.3 is 10.2 Å². The molecular weight excluding hydrogens is 342 g/mol. The molecule has 5 nitrogen and oxygen atoms in total. The van der Waals surface area contributed by atoms with Gasteiger partial charge in [0, 0.05) is 44.0 Å². The van der Waals surface area contributed by atoms with Crippen molar-refractivity contribution < 1.29 is 0 Å². The molecule has 0 unspecified atom stereocenters. The second-order valence-electron chi connectivity index (χ2n) is 6.53. The minimum atomic E-state index is 0.747. The molecule has 0 aliphatic carbocycles. The topological polar surface area (TPSA) is 53.9 Å². The third kappa shape index (κ3) is 4.26. The number of anilines is 1. The van der Waals surface area contributed by atoms with Crippen molar-refractivity contribution in [3.63, 3.8) is 0 Å². The zero-order valence-electron chi connectivity index (χ0n) is 14.8.